The molecular weight excluding hydrogens is 368 g/mol. The molecule has 3 rings (SSSR count). The lowest BCUT2D eigenvalue weighted by Gasteiger charge is -1.98. The van der Waals surface area contributed by atoms with Crippen LogP contribution in [0.4, 0.5) is 0 Å². The lowest BCUT2D eigenvalue weighted by atomic mass is 10.1. The molecule has 6 heteroatoms. The fourth-order valence-electron chi connectivity index (χ4n) is 2.11. The molecule has 0 spiro atoms. The Labute approximate surface area is 147 Å². The van der Waals surface area contributed by atoms with E-state index in [0.717, 1.165) is 21.3 Å². The van der Waals surface area contributed by atoms with Gasteiger partial charge in [0.1, 0.15) is 5.69 Å². The summed E-state index contributed by atoms with van der Waals surface area (Å²) in [6.07, 6.45) is 1.58. The smallest absolute Gasteiger partial charge is 0.272 e. The summed E-state index contributed by atoms with van der Waals surface area (Å²) in [5, 5.41) is 10.9. The summed E-state index contributed by atoms with van der Waals surface area (Å²) >= 11 is 3.42. The second kappa shape index (κ2) is 7.23. The van der Waals surface area contributed by atoms with Gasteiger partial charge in [-0.15, -0.1) is 0 Å². The molecule has 3 aromatic rings. The molecule has 0 saturated heterocycles. The summed E-state index contributed by atoms with van der Waals surface area (Å²) in [6, 6.07) is 17.3. The molecule has 0 aliphatic heterocycles. The third kappa shape index (κ3) is 3.78. The number of aryl methyl sites for hydroxylation is 1. The summed E-state index contributed by atoms with van der Waals surface area (Å²) in [5.74, 6) is -0.343. The van der Waals surface area contributed by atoms with Gasteiger partial charge >= 0.3 is 0 Å². The Morgan fingerprint density at radius 3 is 2.71 bits per heavy atom. The second-order valence-corrected chi connectivity index (χ2v) is 6.11. The monoisotopic (exact) mass is 382 g/mol. The largest absolute Gasteiger partial charge is 0.289 e. The van der Waals surface area contributed by atoms with Gasteiger partial charge in [-0.2, -0.15) is 10.2 Å². The number of carbonyl (C=O) groups is 1. The maximum absolute atomic E-state index is 12.1. The number of halogens is 1. The van der Waals surface area contributed by atoms with E-state index < -0.39 is 0 Å². The normalized spacial score (nSPS) is 10.9. The Bertz CT molecular complexity index is 884. The molecule has 1 amide bonds. The molecule has 0 aliphatic rings. The van der Waals surface area contributed by atoms with E-state index in [-0.39, 0.29) is 5.91 Å². The van der Waals surface area contributed by atoms with Crippen molar-refractivity contribution in [1.29, 1.82) is 0 Å². The van der Waals surface area contributed by atoms with Crippen molar-refractivity contribution in [3.8, 4) is 11.3 Å². The van der Waals surface area contributed by atoms with Gasteiger partial charge in [-0.3, -0.25) is 9.89 Å². The van der Waals surface area contributed by atoms with Gasteiger partial charge in [0, 0.05) is 15.6 Å². The minimum atomic E-state index is -0.343. The van der Waals surface area contributed by atoms with Crippen LogP contribution in [0.5, 0.6) is 0 Å². The van der Waals surface area contributed by atoms with Crippen LogP contribution in [-0.4, -0.2) is 22.3 Å². The third-order valence-electron chi connectivity index (χ3n) is 3.44. The van der Waals surface area contributed by atoms with E-state index in [1.54, 1.807) is 12.3 Å². The number of aromatic nitrogens is 2. The Kier molecular flexibility index (Phi) is 4.86. The number of carbonyl (C=O) groups excluding carboxylic acids is 1. The van der Waals surface area contributed by atoms with E-state index in [1.165, 1.54) is 5.56 Å². The van der Waals surface area contributed by atoms with Gasteiger partial charge < -0.3 is 0 Å². The zero-order valence-electron chi connectivity index (χ0n) is 13.0. The third-order valence-corrected chi connectivity index (χ3v) is 4.17. The molecule has 0 saturated carbocycles. The minimum absolute atomic E-state index is 0.343. The van der Waals surface area contributed by atoms with Gasteiger partial charge in [0.15, 0.2) is 0 Å². The number of amides is 1. The fraction of sp³-hybridized carbons (Fsp3) is 0.0556. The topological polar surface area (TPSA) is 70.1 Å². The summed E-state index contributed by atoms with van der Waals surface area (Å²) in [6.45, 7) is 2.02. The highest BCUT2D eigenvalue weighted by Crippen LogP contribution is 2.18. The summed E-state index contributed by atoms with van der Waals surface area (Å²) in [4.78, 5) is 12.1. The molecule has 1 aromatic heterocycles. The number of hydrogen-bond acceptors (Lipinski definition) is 3. The molecule has 0 bridgehead atoms. The van der Waals surface area contributed by atoms with Crippen molar-refractivity contribution in [2.75, 3.05) is 0 Å². The fourth-order valence-corrected chi connectivity index (χ4v) is 2.50. The highest BCUT2D eigenvalue weighted by molar-refractivity contribution is 9.10. The van der Waals surface area contributed by atoms with Crippen LogP contribution in [0.2, 0.25) is 0 Å². The Morgan fingerprint density at radius 1 is 1.21 bits per heavy atom. The van der Waals surface area contributed by atoms with Crippen LogP contribution in [-0.2, 0) is 0 Å². The summed E-state index contributed by atoms with van der Waals surface area (Å²) < 4.78 is 0.909. The van der Waals surface area contributed by atoms with Crippen molar-refractivity contribution >= 4 is 28.1 Å². The first-order chi connectivity index (χ1) is 11.6. The zero-order chi connectivity index (χ0) is 16.9. The maximum atomic E-state index is 12.1. The highest BCUT2D eigenvalue weighted by atomic mass is 79.9. The number of rotatable bonds is 4. The van der Waals surface area contributed by atoms with Crippen molar-refractivity contribution < 1.29 is 4.79 Å². The van der Waals surface area contributed by atoms with Gasteiger partial charge in [-0.25, -0.2) is 5.43 Å². The molecule has 2 N–H and O–H groups in total. The lowest BCUT2D eigenvalue weighted by molar-refractivity contribution is 0.0950. The lowest BCUT2D eigenvalue weighted by Crippen LogP contribution is -2.18. The number of benzene rings is 2. The van der Waals surface area contributed by atoms with E-state index >= 15 is 0 Å². The van der Waals surface area contributed by atoms with Gasteiger partial charge in [0.05, 0.1) is 11.9 Å². The van der Waals surface area contributed by atoms with Crippen LogP contribution in [0, 0.1) is 6.92 Å². The Hall–Kier alpha value is -2.73. The highest BCUT2D eigenvalue weighted by Gasteiger charge is 2.10. The van der Waals surface area contributed by atoms with Crippen molar-refractivity contribution in [1.82, 2.24) is 15.6 Å². The second-order valence-electron chi connectivity index (χ2n) is 5.25. The van der Waals surface area contributed by atoms with E-state index in [9.17, 15) is 4.79 Å². The molecule has 0 aliphatic carbocycles. The van der Waals surface area contributed by atoms with Gasteiger partial charge in [-0.1, -0.05) is 64.0 Å². The molecule has 24 heavy (non-hydrogen) atoms. The van der Waals surface area contributed by atoms with Crippen molar-refractivity contribution in [2.45, 2.75) is 6.92 Å². The molecule has 5 nitrogen and oxygen atoms in total. The molecule has 1 heterocycles. The number of H-pyrrole nitrogens is 1. The van der Waals surface area contributed by atoms with E-state index in [1.807, 2.05) is 55.5 Å². The molecule has 120 valence electrons. The first kappa shape index (κ1) is 16.1. The predicted molar refractivity (Wildman–Crippen MR) is 98.0 cm³/mol. The minimum Gasteiger partial charge on any atom is -0.272 e. The molecule has 0 radical (unpaired) electrons. The molecule has 0 unspecified atom stereocenters. The van der Waals surface area contributed by atoms with E-state index in [0.29, 0.717) is 5.69 Å². The van der Waals surface area contributed by atoms with E-state index in [4.69, 9.17) is 0 Å². The van der Waals surface area contributed by atoms with Crippen molar-refractivity contribution in [3.63, 3.8) is 0 Å². The zero-order valence-corrected chi connectivity index (χ0v) is 14.5. The van der Waals surface area contributed by atoms with Crippen LogP contribution in [0.25, 0.3) is 11.3 Å². The molecular formula is C18H15BrN4O. The Morgan fingerprint density at radius 2 is 1.96 bits per heavy atom. The number of nitrogens with zero attached hydrogens (tertiary/aromatic N) is 2. The van der Waals surface area contributed by atoms with Crippen molar-refractivity contribution in [3.05, 3.63) is 75.9 Å². The first-order valence-electron chi connectivity index (χ1n) is 7.34. The first-order valence-corrected chi connectivity index (χ1v) is 8.13. The number of nitrogens with one attached hydrogen (secondary N) is 2. The van der Waals surface area contributed by atoms with E-state index in [2.05, 4.69) is 36.7 Å². The van der Waals surface area contributed by atoms with Crippen LogP contribution >= 0.6 is 15.9 Å². The van der Waals surface area contributed by atoms with Crippen LogP contribution in [0.15, 0.2) is 64.2 Å². The van der Waals surface area contributed by atoms with Crippen LogP contribution in [0.1, 0.15) is 21.6 Å². The predicted octanol–water partition coefficient (Wildman–Crippen LogP) is 3.91. The summed E-state index contributed by atoms with van der Waals surface area (Å²) in [5.41, 5.74) is 6.56. The molecule has 0 fully saturated rings. The number of hydrogen-bond donors (Lipinski definition) is 2. The number of hydrazone groups is 1. The molecule has 0 atom stereocenters. The van der Waals surface area contributed by atoms with Crippen molar-refractivity contribution in [2.24, 2.45) is 5.10 Å². The van der Waals surface area contributed by atoms with Gasteiger partial charge in [-0.05, 0) is 19.1 Å². The number of aromatic amines is 1. The Balaban J connectivity index is 1.68. The van der Waals surface area contributed by atoms with Gasteiger partial charge in [0.25, 0.3) is 5.91 Å². The SMILES string of the molecule is Cc1ccc(-c2cc(C(=O)NN=Cc3ccccc3Br)[nH]n2)cc1. The quantitative estimate of drug-likeness (QED) is 0.530. The van der Waals surface area contributed by atoms with Crippen LogP contribution in [0.3, 0.4) is 0 Å². The molecule has 2 aromatic carbocycles. The average molecular weight is 383 g/mol. The van der Waals surface area contributed by atoms with Gasteiger partial charge in [0.2, 0.25) is 0 Å². The standard InChI is InChI=1S/C18H15BrN4O/c1-12-6-8-13(9-7-12)16-10-17(22-21-16)18(24)23-20-11-14-4-2-3-5-15(14)19/h2-11H,1H3,(H,21,22)(H,23,24). The van der Waals surface area contributed by atoms with Crippen LogP contribution < -0.4 is 5.43 Å². The summed E-state index contributed by atoms with van der Waals surface area (Å²) in [7, 11) is 0. The maximum Gasteiger partial charge on any atom is 0.289 e. The average Bonchev–Trinajstić information content (AvgIpc) is 3.07.